The van der Waals surface area contributed by atoms with Crippen LogP contribution in [0.4, 0.5) is 10.5 Å². The van der Waals surface area contributed by atoms with E-state index in [1.165, 1.54) is 0 Å². The van der Waals surface area contributed by atoms with E-state index >= 15 is 0 Å². The number of anilines is 1. The molecule has 1 fully saturated rings. The smallest absolute Gasteiger partial charge is 0.410 e. The second-order valence-electron chi connectivity index (χ2n) is 6.95. The van der Waals surface area contributed by atoms with Crippen LogP contribution in [0, 0.1) is 5.92 Å². The maximum absolute atomic E-state index is 12.1. The van der Waals surface area contributed by atoms with Crippen LogP contribution in [0.1, 0.15) is 34.1 Å². The summed E-state index contributed by atoms with van der Waals surface area (Å²) in [7, 11) is 0. The minimum absolute atomic E-state index is 0.218. The third kappa shape index (κ3) is 4.80. The van der Waals surface area contributed by atoms with Gasteiger partial charge in [0.15, 0.2) is 0 Å². The fraction of sp³-hybridized carbons (Fsp3) is 0.588. The van der Waals surface area contributed by atoms with Crippen LogP contribution in [0.5, 0.6) is 0 Å². The summed E-state index contributed by atoms with van der Waals surface area (Å²) < 4.78 is 5.44. The van der Waals surface area contributed by atoms with Gasteiger partial charge < -0.3 is 15.0 Å². The fourth-order valence-corrected chi connectivity index (χ4v) is 2.74. The van der Waals surface area contributed by atoms with E-state index in [4.69, 9.17) is 16.3 Å². The molecule has 2 atom stereocenters. The standard InChI is InChI=1S/C17H25ClN2O2/c1-12-11-20(16(21)22-17(2,3)4)10-9-15(12)19-14-7-5-13(18)6-8-14/h5-8,12,15,19H,9-11H2,1-4H3/t12-,15+/m1/s1. The second kappa shape index (κ2) is 6.78. The summed E-state index contributed by atoms with van der Waals surface area (Å²) in [5.41, 5.74) is 0.616. The first-order valence-corrected chi connectivity index (χ1v) is 8.12. The van der Waals surface area contributed by atoms with Gasteiger partial charge in [-0.1, -0.05) is 18.5 Å². The molecule has 5 heteroatoms. The van der Waals surface area contributed by atoms with Crippen LogP contribution in [-0.2, 0) is 4.74 Å². The van der Waals surface area contributed by atoms with Crippen molar-refractivity contribution < 1.29 is 9.53 Å². The highest BCUT2D eigenvalue weighted by Gasteiger charge is 2.31. The number of carbonyl (C=O) groups is 1. The molecule has 0 aliphatic carbocycles. The van der Waals surface area contributed by atoms with E-state index in [1.807, 2.05) is 45.0 Å². The zero-order chi connectivity index (χ0) is 16.3. The lowest BCUT2D eigenvalue weighted by Crippen LogP contribution is -2.48. The van der Waals surface area contributed by atoms with E-state index in [0.29, 0.717) is 25.0 Å². The Labute approximate surface area is 137 Å². The molecule has 1 aromatic rings. The summed E-state index contributed by atoms with van der Waals surface area (Å²) in [6.45, 7) is 9.25. The molecule has 4 nitrogen and oxygen atoms in total. The van der Waals surface area contributed by atoms with Gasteiger partial charge in [-0.3, -0.25) is 0 Å². The molecular weight excluding hydrogens is 300 g/mol. The Balaban J connectivity index is 1.90. The van der Waals surface area contributed by atoms with Crippen molar-refractivity contribution in [3.05, 3.63) is 29.3 Å². The molecule has 122 valence electrons. The van der Waals surface area contributed by atoms with Crippen molar-refractivity contribution in [1.82, 2.24) is 4.90 Å². The number of carbonyl (C=O) groups excluding carboxylic acids is 1. The van der Waals surface area contributed by atoms with Crippen molar-refractivity contribution in [1.29, 1.82) is 0 Å². The maximum Gasteiger partial charge on any atom is 0.410 e. The minimum Gasteiger partial charge on any atom is -0.444 e. The molecule has 0 bridgehead atoms. The zero-order valence-electron chi connectivity index (χ0n) is 13.7. The molecule has 0 aromatic heterocycles. The summed E-state index contributed by atoms with van der Waals surface area (Å²) in [6.07, 6.45) is 0.688. The average molecular weight is 325 g/mol. The van der Waals surface area contributed by atoms with Crippen molar-refractivity contribution in [2.45, 2.75) is 45.8 Å². The van der Waals surface area contributed by atoms with Gasteiger partial charge >= 0.3 is 6.09 Å². The zero-order valence-corrected chi connectivity index (χ0v) is 14.5. The molecule has 0 radical (unpaired) electrons. The number of benzene rings is 1. The third-order valence-electron chi connectivity index (χ3n) is 3.75. The molecule has 0 saturated carbocycles. The van der Waals surface area contributed by atoms with Crippen LogP contribution >= 0.6 is 11.6 Å². The van der Waals surface area contributed by atoms with E-state index in [0.717, 1.165) is 17.1 Å². The SMILES string of the molecule is C[C@@H]1CN(C(=O)OC(C)(C)C)CC[C@@H]1Nc1ccc(Cl)cc1. The van der Waals surface area contributed by atoms with Crippen molar-refractivity contribution in [2.24, 2.45) is 5.92 Å². The Hall–Kier alpha value is -1.42. The number of hydrogen-bond donors (Lipinski definition) is 1. The molecule has 0 spiro atoms. The van der Waals surface area contributed by atoms with E-state index in [2.05, 4.69) is 12.2 Å². The van der Waals surface area contributed by atoms with Crippen LogP contribution in [0.3, 0.4) is 0 Å². The largest absolute Gasteiger partial charge is 0.444 e. The lowest BCUT2D eigenvalue weighted by Gasteiger charge is -2.38. The highest BCUT2D eigenvalue weighted by molar-refractivity contribution is 6.30. The quantitative estimate of drug-likeness (QED) is 0.876. The number of rotatable bonds is 2. The highest BCUT2D eigenvalue weighted by Crippen LogP contribution is 2.23. The van der Waals surface area contributed by atoms with Crippen LogP contribution in [0.15, 0.2) is 24.3 Å². The molecule has 2 rings (SSSR count). The topological polar surface area (TPSA) is 41.6 Å². The molecule has 1 N–H and O–H groups in total. The number of halogens is 1. The molecular formula is C17H25ClN2O2. The number of likely N-dealkylation sites (tertiary alicyclic amines) is 1. The number of amides is 1. The number of nitrogens with one attached hydrogen (secondary N) is 1. The van der Waals surface area contributed by atoms with Crippen molar-refractivity contribution in [2.75, 3.05) is 18.4 Å². The molecule has 0 unspecified atom stereocenters. The molecule has 1 amide bonds. The van der Waals surface area contributed by atoms with E-state index in [-0.39, 0.29) is 6.09 Å². The van der Waals surface area contributed by atoms with Gasteiger partial charge in [0, 0.05) is 29.8 Å². The molecule has 22 heavy (non-hydrogen) atoms. The summed E-state index contributed by atoms with van der Waals surface area (Å²) in [6, 6.07) is 8.07. The summed E-state index contributed by atoms with van der Waals surface area (Å²) in [4.78, 5) is 13.9. The van der Waals surface area contributed by atoms with Gasteiger partial charge in [0.05, 0.1) is 0 Å². The average Bonchev–Trinajstić information content (AvgIpc) is 2.41. The Bertz CT molecular complexity index is 510. The molecule has 1 aliphatic rings. The highest BCUT2D eigenvalue weighted by atomic mass is 35.5. The molecule has 1 aliphatic heterocycles. The Morgan fingerprint density at radius 3 is 2.50 bits per heavy atom. The Kier molecular flexibility index (Phi) is 5.22. The fourth-order valence-electron chi connectivity index (χ4n) is 2.61. The first-order valence-electron chi connectivity index (χ1n) is 7.74. The summed E-state index contributed by atoms with van der Waals surface area (Å²) in [5.74, 6) is 0.358. The summed E-state index contributed by atoms with van der Waals surface area (Å²) >= 11 is 5.90. The van der Waals surface area contributed by atoms with Gasteiger partial charge in [-0.2, -0.15) is 0 Å². The van der Waals surface area contributed by atoms with Crippen molar-refractivity contribution in [3.63, 3.8) is 0 Å². The molecule has 1 aromatic carbocycles. The lowest BCUT2D eigenvalue weighted by molar-refractivity contribution is 0.0165. The van der Waals surface area contributed by atoms with Gasteiger partial charge in [0.1, 0.15) is 5.60 Å². The first kappa shape index (κ1) is 16.9. The van der Waals surface area contributed by atoms with E-state index in [1.54, 1.807) is 4.90 Å². The second-order valence-corrected chi connectivity index (χ2v) is 7.39. The predicted molar refractivity (Wildman–Crippen MR) is 90.5 cm³/mol. The van der Waals surface area contributed by atoms with Gasteiger partial charge in [-0.25, -0.2) is 4.79 Å². The van der Waals surface area contributed by atoms with Gasteiger partial charge in [-0.15, -0.1) is 0 Å². The predicted octanol–water partition coefficient (Wildman–Crippen LogP) is 4.40. The minimum atomic E-state index is -0.446. The van der Waals surface area contributed by atoms with Gasteiger partial charge in [-0.05, 0) is 57.4 Å². The number of piperidine rings is 1. The van der Waals surface area contributed by atoms with Gasteiger partial charge in [0.25, 0.3) is 0 Å². The number of nitrogens with zero attached hydrogens (tertiary/aromatic N) is 1. The normalized spacial score (nSPS) is 22.3. The monoisotopic (exact) mass is 324 g/mol. The van der Waals surface area contributed by atoms with Gasteiger partial charge in [0.2, 0.25) is 0 Å². The van der Waals surface area contributed by atoms with Crippen molar-refractivity contribution in [3.8, 4) is 0 Å². The van der Waals surface area contributed by atoms with E-state index < -0.39 is 5.60 Å². The lowest BCUT2D eigenvalue weighted by atomic mass is 9.94. The van der Waals surface area contributed by atoms with Crippen LogP contribution in [0.25, 0.3) is 0 Å². The van der Waals surface area contributed by atoms with Crippen molar-refractivity contribution >= 4 is 23.4 Å². The van der Waals surface area contributed by atoms with Crippen LogP contribution in [-0.4, -0.2) is 35.7 Å². The Morgan fingerprint density at radius 2 is 1.95 bits per heavy atom. The van der Waals surface area contributed by atoms with Crippen LogP contribution < -0.4 is 5.32 Å². The van der Waals surface area contributed by atoms with Crippen LogP contribution in [0.2, 0.25) is 5.02 Å². The number of ether oxygens (including phenoxy) is 1. The maximum atomic E-state index is 12.1. The van der Waals surface area contributed by atoms with E-state index in [9.17, 15) is 4.79 Å². The molecule has 1 saturated heterocycles. The Morgan fingerprint density at radius 1 is 1.32 bits per heavy atom. The summed E-state index contributed by atoms with van der Waals surface area (Å²) in [5, 5.41) is 4.26. The number of hydrogen-bond acceptors (Lipinski definition) is 3. The first-order chi connectivity index (χ1) is 10.2. The molecule has 1 heterocycles. The third-order valence-corrected chi connectivity index (χ3v) is 4.01.